The van der Waals surface area contributed by atoms with Crippen molar-refractivity contribution in [3.63, 3.8) is 0 Å². The van der Waals surface area contributed by atoms with Gasteiger partial charge >= 0.3 is 0 Å². The molecule has 0 N–H and O–H groups in total. The SMILES string of the molecule is COCCc1nncn1C1CN(C(=O)Cc2cc(OC)ccc2OC)C1. The molecule has 0 bridgehead atoms. The average Bonchev–Trinajstić information content (AvgIpc) is 3.06. The van der Waals surface area contributed by atoms with Gasteiger partial charge in [-0.2, -0.15) is 0 Å². The van der Waals surface area contributed by atoms with Crippen molar-refractivity contribution < 1.29 is 19.0 Å². The Morgan fingerprint density at radius 2 is 2.04 bits per heavy atom. The summed E-state index contributed by atoms with van der Waals surface area (Å²) >= 11 is 0. The van der Waals surface area contributed by atoms with Crippen LogP contribution in [0.15, 0.2) is 24.5 Å². The van der Waals surface area contributed by atoms with Crippen LogP contribution in [0.4, 0.5) is 0 Å². The van der Waals surface area contributed by atoms with E-state index in [-0.39, 0.29) is 18.4 Å². The minimum absolute atomic E-state index is 0.0688. The molecule has 1 fully saturated rings. The quantitative estimate of drug-likeness (QED) is 0.702. The van der Waals surface area contributed by atoms with Crippen LogP contribution < -0.4 is 9.47 Å². The standard InChI is InChI=1S/C18H24N4O4/c1-24-7-6-17-20-19-12-22(17)14-10-21(11-14)18(23)9-13-8-15(25-2)4-5-16(13)26-3/h4-5,8,12,14H,6-7,9-11H2,1-3H3. The summed E-state index contributed by atoms with van der Waals surface area (Å²) in [7, 11) is 4.87. The third-order valence-corrected chi connectivity index (χ3v) is 4.61. The molecule has 2 heterocycles. The van der Waals surface area contributed by atoms with Crippen LogP contribution in [0.1, 0.15) is 17.4 Å². The van der Waals surface area contributed by atoms with Gasteiger partial charge in [-0.1, -0.05) is 0 Å². The van der Waals surface area contributed by atoms with Gasteiger partial charge in [0.05, 0.1) is 33.3 Å². The second-order valence-electron chi connectivity index (χ2n) is 6.20. The smallest absolute Gasteiger partial charge is 0.227 e. The number of hydrogen-bond acceptors (Lipinski definition) is 6. The monoisotopic (exact) mass is 360 g/mol. The Kier molecular flexibility index (Phi) is 5.72. The third kappa shape index (κ3) is 3.80. The molecule has 0 unspecified atom stereocenters. The lowest BCUT2D eigenvalue weighted by Gasteiger charge is -2.40. The minimum Gasteiger partial charge on any atom is -0.497 e. The van der Waals surface area contributed by atoms with E-state index in [1.54, 1.807) is 27.7 Å². The van der Waals surface area contributed by atoms with Gasteiger partial charge in [-0.15, -0.1) is 10.2 Å². The zero-order valence-electron chi connectivity index (χ0n) is 15.3. The fraction of sp³-hybridized carbons (Fsp3) is 0.500. The molecule has 2 aromatic rings. The summed E-state index contributed by atoms with van der Waals surface area (Å²) in [6, 6.07) is 5.70. The number of carbonyl (C=O) groups excluding carboxylic acids is 1. The number of amides is 1. The van der Waals surface area contributed by atoms with Gasteiger partial charge in [0, 0.05) is 32.2 Å². The number of carbonyl (C=O) groups is 1. The van der Waals surface area contributed by atoms with Crippen LogP contribution in [0.2, 0.25) is 0 Å². The Morgan fingerprint density at radius 1 is 1.23 bits per heavy atom. The van der Waals surface area contributed by atoms with Crippen molar-refractivity contribution in [2.45, 2.75) is 18.9 Å². The molecule has 1 aliphatic heterocycles. The fourth-order valence-electron chi connectivity index (χ4n) is 3.07. The molecule has 140 valence electrons. The van der Waals surface area contributed by atoms with Crippen molar-refractivity contribution in [3.8, 4) is 11.5 Å². The molecule has 0 radical (unpaired) electrons. The number of hydrogen-bond donors (Lipinski definition) is 0. The molecule has 1 aromatic heterocycles. The third-order valence-electron chi connectivity index (χ3n) is 4.61. The summed E-state index contributed by atoms with van der Waals surface area (Å²) in [6.45, 7) is 1.91. The number of ether oxygens (including phenoxy) is 3. The van der Waals surface area contributed by atoms with Gasteiger partial charge in [-0.05, 0) is 18.2 Å². The van der Waals surface area contributed by atoms with Gasteiger partial charge in [0.25, 0.3) is 0 Å². The maximum Gasteiger partial charge on any atom is 0.227 e. The van der Waals surface area contributed by atoms with Crippen molar-refractivity contribution in [3.05, 3.63) is 35.9 Å². The predicted molar refractivity (Wildman–Crippen MR) is 94.5 cm³/mol. The number of likely N-dealkylation sites (tertiary alicyclic amines) is 1. The van der Waals surface area contributed by atoms with Gasteiger partial charge in [0.2, 0.25) is 5.91 Å². The lowest BCUT2D eigenvalue weighted by atomic mass is 10.0. The minimum atomic E-state index is 0.0688. The molecule has 0 atom stereocenters. The second-order valence-corrected chi connectivity index (χ2v) is 6.20. The molecule has 3 rings (SSSR count). The zero-order chi connectivity index (χ0) is 18.5. The highest BCUT2D eigenvalue weighted by molar-refractivity contribution is 5.80. The summed E-state index contributed by atoms with van der Waals surface area (Å²) in [4.78, 5) is 14.4. The van der Waals surface area contributed by atoms with Gasteiger partial charge in [-0.3, -0.25) is 4.79 Å². The summed E-state index contributed by atoms with van der Waals surface area (Å²) in [6.07, 6.45) is 2.72. The molecule has 0 aliphatic carbocycles. The van der Waals surface area contributed by atoms with Crippen LogP contribution in [-0.4, -0.2) is 66.6 Å². The molecule has 0 saturated carbocycles. The van der Waals surface area contributed by atoms with Crippen molar-refractivity contribution in [1.29, 1.82) is 0 Å². The van der Waals surface area contributed by atoms with E-state index < -0.39 is 0 Å². The second kappa shape index (κ2) is 8.18. The largest absolute Gasteiger partial charge is 0.497 e. The molecule has 1 amide bonds. The van der Waals surface area contributed by atoms with Gasteiger partial charge in [-0.25, -0.2) is 0 Å². The first kappa shape index (κ1) is 18.2. The maximum atomic E-state index is 12.6. The maximum absolute atomic E-state index is 12.6. The Bertz CT molecular complexity index is 755. The highest BCUT2D eigenvalue weighted by Gasteiger charge is 2.33. The highest BCUT2D eigenvalue weighted by atomic mass is 16.5. The molecular weight excluding hydrogens is 336 g/mol. The van der Waals surface area contributed by atoms with Crippen LogP contribution in [0, 0.1) is 0 Å². The lowest BCUT2D eigenvalue weighted by Crippen LogP contribution is -2.51. The Balaban J connectivity index is 1.60. The summed E-state index contributed by atoms with van der Waals surface area (Å²) in [5.41, 5.74) is 0.824. The van der Waals surface area contributed by atoms with Crippen LogP contribution >= 0.6 is 0 Å². The molecule has 8 heteroatoms. The lowest BCUT2D eigenvalue weighted by molar-refractivity contribution is -0.136. The van der Waals surface area contributed by atoms with E-state index in [0.29, 0.717) is 37.6 Å². The van der Waals surface area contributed by atoms with Crippen LogP contribution in [0.5, 0.6) is 11.5 Å². The topological polar surface area (TPSA) is 78.7 Å². The average molecular weight is 360 g/mol. The van der Waals surface area contributed by atoms with E-state index in [2.05, 4.69) is 10.2 Å². The van der Waals surface area contributed by atoms with E-state index in [1.807, 2.05) is 27.7 Å². The summed E-state index contributed by atoms with van der Waals surface area (Å²) in [5, 5.41) is 8.12. The van der Waals surface area contributed by atoms with Gasteiger partial charge < -0.3 is 23.7 Å². The van der Waals surface area contributed by atoms with Gasteiger partial charge in [0.15, 0.2) is 0 Å². The Labute approximate surface area is 152 Å². The molecule has 1 saturated heterocycles. The molecule has 8 nitrogen and oxygen atoms in total. The summed E-state index contributed by atoms with van der Waals surface area (Å²) < 4.78 is 17.7. The molecule has 26 heavy (non-hydrogen) atoms. The molecular formula is C18H24N4O4. The Hall–Kier alpha value is -2.61. The van der Waals surface area contributed by atoms with E-state index >= 15 is 0 Å². The number of nitrogens with zero attached hydrogens (tertiary/aromatic N) is 4. The number of rotatable bonds is 8. The van der Waals surface area contributed by atoms with Gasteiger partial charge in [0.1, 0.15) is 23.7 Å². The van der Waals surface area contributed by atoms with Crippen LogP contribution in [0.25, 0.3) is 0 Å². The van der Waals surface area contributed by atoms with Crippen molar-refractivity contribution in [2.75, 3.05) is 41.0 Å². The number of aromatic nitrogens is 3. The van der Waals surface area contributed by atoms with Crippen molar-refractivity contribution in [1.82, 2.24) is 19.7 Å². The van der Waals surface area contributed by atoms with Crippen molar-refractivity contribution in [2.24, 2.45) is 0 Å². The fourth-order valence-corrected chi connectivity index (χ4v) is 3.07. The van der Waals surface area contributed by atoms with E-state index in [0.717, 1.165) is 11.4 Å². The predicted octanol–water partition coefficient (Wildman–Crippen LogP) is 1.11. The highest BCUT2D eigenvalue weighted by Crippen LogP contribution is 2.27. The first-order valence-corrected chi connectivity index (χ1v) is 8.52. The molecule has 1 aromatic carbocycles. The molecule has 1 aliphatic rings. The van der Waals surface area contributed by atoms with E-state index in [1.165, 1.54) is 0 Å². The Morgan fingerprint density at radius 3 is 2.73 bits per heavy atom. The van der Waals surface area contributed by atoms with Crippen LogP contribution in [0.3, 0.4) is 0 Å². The molecule has 0 spiro atoms. The van der Waals surface area contributed by atoms with E-state index in [4.69, 9.17) is 14.2 Å². The summed E-state index contributed by atoms with van der Waals surface area (Å²) in [5.74, 6) is 2.36. The van der Waals surface area contributed by atoms with Crippen molar-refractivity contribution >= 4 is 5.91 Å². The number of methoxy groups -OCH3 is 3. The zero-order valence-corrected chi connectivity index (χ0v) is 15.3. The first-order chi connectivity index (χ1) is 12.7. The van der Waals surface area contributed by atoms with Crippen LogP contribution in [-0.2, 0) is 22.4 Å². The normalized spacial score (nSPS) is 14.2. The first-order valence-electron chi connectivity index (χ1n) is 8.52. The number of benzene rings is 1. The van der Waals surface area contributed by atoms with E-state index in [9.17, 15) is 4.79 Å².